The van der Waals surface area contributed by atoms with E-state index in [1.807, 2.05) is 25.1 Å². The van der Waals surface area contributed by atoms with Gasteiger partial charge in [-0.3, -0.25) is 4.79 Å². The highest BCUT2D eigenvalue weighted by Crippen LogP contribution is 2.28. The standard InChI is InChI=1S/C28H30N2O6/c1-4-5-16-34-23-13-11-22(12-14-23)28(32)36-25-15-10-21(17-26(25)33-3)18-29-30-27(31)19-35-24-9-7-6-8-20(24)2/h6-15,17-18H,4-5,16,19H2,1-3H3,(H,30,31). The molecule has 0 aliphatic heterocycles. The van der Waals surface area contributed by atoms with E-state index >= 15 is 0 Å². The molecule has 3 rings (SSSR count). The molecule has 0 aromatic heterocycles. The highest BCUT2D eigenvalue weighted by atomic mass is 16.6. The van der Waals surface area contributed by atoms with Crippen LogP contribution in [0, 0.1) is 6.92 Å². The Morgan fingerprint density at radius 2 is 1.72 bits per heavy atom. The maximum Gasteiger partial charge on any atom is 0.343 e. The van der Waals surface area contributed by atoms with Crippen LogP contribution >= 0.6 is 0 Å². The first kappa shape index (κ1) is 26.3. The van der Waals surface area contributed by atoms with Gasteiger partial charge in [-0.05, 0) is 73.0 Å². The summed E-state index contributed by atoms with van der Waals surface area (Å²) in [6.45, 7) is 4.47. The number of ether oxygens (including phenoxy) is 4. The number of nitrogens with one attached hydrogen (secondary N) is 1. The second-order valence-electron chi connectivity index (χ2n) is 7.87. The Kier molecular flexibility index (Phi) is 9.88. The number of unbranched alkanes of at least 4 members (excludes halogenated alkanes) is 1. The van der Waals surface area contributed by atoms with Crippen molar-refractivity contribution in [2.24, 2.45) is 5.10 Å². The van der Waals surface area contributed by atoms with Crippen LogP contribution in [0.5, 0.6) is 23.0 Å². The fraction of sp³-hybridized carbons (Fsp3) is 0.250. The molecule has 0 saturated heterocycles. The van der Waals surface area contributed by atoms with Gasteiger partial charge in [-0.25, -0.2) is 10.2 Å². The van der Waals surface area contributed by atoms with Crippen LogP contribution in [-0.4, -0.2) is 38.4 Å². The van der Waals surface area contributed by atoms with Crippen LogP contribution in [0.25, 0.3) is 0 Å². The molecular formula is C28H30N2O6. The molecular weight excluding hydrogens is 460 g/mol. The molecule has 8 nitrogen and oxygen atoms in total. The van der Waals surface area contributed by atoms with Crippen LogP contribution in [0.15, 0.2) is 71.8 Å². The molecule has 8 heteroatoms. The van der Waals surface area contributed by atoms with E-state index in [1.165, 1.54) is 13.3 Å². The van der Waals surface area contributed by atoms with E-state index in [4.69, 9.17) is 18.9 Å². The monoisotopic (exact) mass is 490 g/mol. The number of hydrogen-bond donors (Lipinski definition) is 1. The van der Waals surface area contributed by atoms with Crippen molar-refractivity contribution in [1.82, 2.24) is 5.43 Å². The van der Waals surface area contributed by atoms with Crippen LogP contribution in [0.1, 0.15) is 41.3 Å². The summed E-state index contributed by atoms with van der Waals surface area (Å²) in [7, 11) is 1.47. The Morgan fingerprint density at radius 3 is 2.44 bits per heavy atom. The molecule has 0 radical (unpaired) electrons. The zero-order valence-corrected chi connectivity index (χ0v) is 20.7. The van der Waals surface area contributed by atoms with Gasteiger partial charge in [0.05, 0.1) is 25.5 Å². The predicted octanol–water partition coefficient (Wildman–Crippen LogP) is 4.93. The number of rotatable bonds is 12. The van der Waals surface area contributed by atoms with E-state index in [2.05, 4.69) is 17.5 Å². The van der Waals surface area contributed by atoms with Gasteiger partial charge in [0.2, 0.25) is 0 Å². The summed E-state index contributed by atoms with van der Waals surface area (Å²) in [6, 6.07) is 19.2. The van der Waals surface area contributed by atoms with Crippen LogP contribution in [-0.2, 0) is 4.79 Å². The van der Waals surface area contributed by atoms with E-state index in [0.717, 1.165) is 18.4 Å². The predicted molar refractivity (Wildman–Crippen MR) is 137 cm³/mol. The van der Waals surface area contributed by atoms with E-state index < -0.39 is 11.9 Å². The van der Waals surface area contributed by atoms with Crippen molar-refractivity contribution in [2.75, 3.05) is 20.3 Å². The number of carbonyl (C=O) groups is 2. The summed E-state index contributed by atoms with van der Waals surface area (Å²) >= 11 is 0. The molecule has 3 aromatic rings. The highest BCUT2D eigenvalue weighted by Gasteiger charge is 2.13. The molecule has 0 aliphatic rings. The minimum absolute atomic E-state index is 0.160. The Balaban J connectivity index is 1.54. The lowest BCUT2D eigenvalue weighted by atomic mass is 10.2. The number of para-hydroxylation sites is 1. The molecule has 188 valence electrons. The zero-order chi connectivity index (χ0) is 25.8. The van der Waals surface area contributed by atoms with E-state index in [-0.39, 0.29) is 12.4 Å². The SMILES string of the molecule is CCCCOc1ccc(C(=O)Oc2ccc(C=NNC(=O)COc3ccccc3C)cc2OC)cc1. The van der Waals surface area contributed by atoms with Gasteiger partial charge in [-0.1, -0.05) is 31.5 Å². The minimum Gasteiger partial charge on any atom is -0.494 e. The largest absolute Gasteiger partial charge is 0.494 e. The second kappa shape index (κ2) is 13.5. The molecule has 0 unspecified atom stereocenters. The van der Waals surface area contributed by atoms with Crippen LogP contribution < -0.4 is 24.4 Å². The van der Waals surface area contributed by atoms with Gasteiger partial charge in [-0.2, -0.15) is 5.10 Å². The minimum atomic E-state index is -0.518. The highest BCUT2D eigenvalue weighted by molar-refractivity contribution is 5.92. The third kappa shape index (κ3) is 7.87. The molecule has 0 aliphatic carbocycles. The number of carbonyl (C=O) groups excluding carboxylic acids is 2. The number of benzene rings is 3. The number of hydrogen-bond acceptors (Lipinski definition) is 7. The zero-order valence-electron chi connectivity index (χ0n) is 20.7. The summed E-state index contributed by atoms with van der Waals surface area (Å²) in [5.41, 5.74) is 4.39. The number of amides is 1. The summed E-state index contributed by atoms with van der Waals surface area (Å²) in [6.07, 6.45) is 3.48. The van der Waals surface area contributed by atoms with Crippen molar-refractivity contribution in [2.45, 2.75) is 26.7 Å². The number of methoxy groups -OCH3 is 1. The summed E-state index contributed by atoms with van der Waals surface area (Å²) in [5.74, 6) is 1.04. The lowest BCUT2D eigenvalue weighted by Gasteiger charge is -2.10. The second-order valence-corrected chi connectivity index (χ2v) is 7.87. The molecule has 3 aromatic carbocycles. The molecule has 0 spiro atoms. The summed E-state index contributed by atoms with van der Waals surface area (Å²) < 4.78 is 22.0. The van der Waals surface area contributed by atoms with Crippen molar-refractivity contribution in [3.63, 3.8) is 0 Å². The van der Waals surface area contributed by atoms with Crippen molar-refractivity contribution in [3.8, 4) is 23.0 Å². The van der Waals surface area contributed by atoms with Crippen LogP contribution in [0.3, 0.4) is 0 Å². The molecule has 36 heavy (non-hydrogen) atoms. The molecule has 0 saturated carbocycles. The van der Waals surface area contributed by atoms with Crippen LogP contribution in [0.4, 0.5) is 0 Å². The maximum absolute atomic E-state index is 12.6. The van der Waals surface area contributed by atoms with Crippen molar-refractivity contribution < 1.29 is 28.5 Å². The molecule has 1 N–H and O–H groups in total. The molecule has 0 bridgehead atoms. The fourth-order valence-corrected chi connectivity index (χ4v) is 3.10. The van der Waals surface area contributed by atoms with Gasteiger partial charge >= 0.3 is 5.97 Å². The average Bonchev–Trinajstić information content (AvgIpc) is 2.89. The van der Waals surface area contributed by atoms with Gasteiger partial charge in [0.1, 0.15) is 11.5 Å². The number of aryl methyl sites for hydroxylation is 1. The van der Waals surface area contributed by atoms with Gasteiger partial charge < -0.3 is 18.9 Å². The van der Waals surface area contributed by atoms with E-state index in [0.29, 0.717) is 35.0 Å². The Labute approximate surface area is 210 Å². The smallest absolute Gasteiger partial charge is 0.343 e. The summed E-state index contributed by atoms with van der Waals surface area (Å²) in [4.78, 5) is 24.6. The van der Waals surface area contributed by atoms with Gasteiger partial charge in [0.25, 0.3) is 5.91 Å². The Bertz CT molecular complexity index is 1190. The van der Waals surface area contributed by atoms with E-state index in [1.54, 1.807) is 48.5 Å². The third-order valence-corrected chi connectivity index (χ3v) is 5.10. The average molecular weight is 491 g/mol. The summed E-state index contributed by atoms with van der Waals surface area (Å²) in [5, 5.41) is 3.94. The number of esters is 1. The Morgan fingerprint density at radius 1 is 0.944 bits per heavy atom. The molecule has 0 fully saturated rings. The first-order valence-electron chi connectivity index (χ1n) is 11.6. The first-order chi connectivity index (χ1) is 17.5. The van der Waals surface area contributed by atoms with Crippen molar-refractivity contribution in [1.29, 1.82) is 0 Å². The fourth-order valence-electron chi connectivity index (χ4n) is 3.10. The van der Waals surface area contributed by atoms with E-state index in [9.17, 15) is 9.59 Å². The van der Waals surface area contributed by atoms with Crippen molar-refractivity contribution in [3.05, 3.63) is 83.4 Å². The normalized spacial score (nSPS) is 10.6. The van der Waals surface area contributed by atoms with Crippen LogP contribution in [0.2, 0.25) is 0 Å². The molecule has 0 atom stereocenters. The first-order valence-corrected chi connectivity index (χ1v) is 11.6. The molecule has 1 amide bonds. The quantitative estimate of drug-likeness (QED) is 0.127. The molecule has 0 heterocycles. The number of nitrogens with zero attached hydrogens (tertiary/aromatic N) is 1. The number of hydrazone groups is 1. The van der Waals surface area contributed by atoms with Gasteiger partial charge in [-0.15, -0.1) is 0 Å². The van der Waals surface area contributed by atoms with Gasteiger partial charge in [0.15, 0.2) is 18.1 Å². The van der Waals surface area contributed by atoms with Crippen molar-refractivity contribution >= 4 is 18.1 Å². The van der Waals surface area contributed by atoms with Gasteiger partial charge in [0, 0.05) is 0 Å². The topological polar surface area (TPSA) is 95.5 Å². The maximum atomic E-state index is 12.6. The lowest BCUT2D eigenvalue weighted by Crippen LogP contribution is -2.24. The Hall–Kier alpha value is -4.33. The lowest BCUT2D eigenvalue weighted by molar-refractivity contribution is -0.123. The third-order valence-electron chi connectivity index (χ3n) is 5.10.